The molecule has 3 rings (SSSR count). The van der Waals surface area contributed by atoms with Gasteiger partial charge in [-0.2, -0.15) is 0 Å². The summed E-state index contributed by atoms with van der Waals surface area (Å²) < 4.78 is 0. The molecule has 0 aromatic rings. The molecular weight excluding hydrogens is 230 g/mol. The van der Waals surface area contributed by atoms with E-state index in [0.29, 0.717) is 6.54 Å². The van der Waals surface area contributed by atoms with Gasteiger partial charge >= 0.3 is 5.97 Å². The fourth-order valence-corrected chi connectivity index (χ4v) is 3.91. The van der Waals surface area contributed by atoms with Crippen LogP contribution < -0.4 is 5.32 Å². The van der Waals surface area contributed by atoms with E-state index in [1.165, 1.54) is 6.42 Å². The van der Waals surface area contributed by atoms with Gasteiger partial charge in [0.1, 0.15) is 0 Å². The highest BCUT2D eigenvalue weighted by Gasteiger charge is 2.48. The number of hydrogen-bond acceptors (Lipinski definition) is 2. The predicted octanol–water partition coefficient (Wildman–Crippen LogP) is 1.65. The second kappa shape index (κ2) is 4.56. The first-order chi connectivity index (χ1) is 8.65. The van der Waals surface area contributed by atoms with Gasteiger partial charge < -0.3 is 10.4 Å². The molecule has 1 amide bonds. The van der Waals surface area contributed by atoms with Crippen LogP contribution in [0.2, 0.25) is 0 Å². The third kappa shape index (κ3) is 2.25. The van der Waals surface area contributed by atoms with Crippen molar-refractivity contribution in [3.05, 3.63) is 0 Å². The van der Waals surface area contributed by atoms with E-state index in [0.717, 1.165) is 43.9 Å². The molecule has 3 fully saturated rings. The molecule has 0 bridgehead atoms. The summed E-state index contributed by atoms with van der Waals surface area (Å²) in [6.45, 7) is 0.557. The van der Waals surface area contributed by atoms with Crippen LogP contribution in [0.15, 0.2) is 0 Å². The fraction of sp³-hybridized carbons (Fsp3) is 0.857. The lowest BCUT2D eigenvalue weighted by atomic mass is 9.95. The fourth-order valence-electron chi connectivity index (χ4n) is 3.91. The number of hydrogen-bond donors (Lipinski definition) is 2. The number of carboxylic acid groups (broad SMARTS) is 1. The molecule has 0 spiro atoms. The third-order valence-electron chi connectivity index (χ3n) is 5.13. The van der Waals surface area contributed by atoms with Crippen molar-refractivity contribution in [3.63, 3.8) is 0 Å². The topological polar surface area (TPSA) is 66.4 Å². The van der Waals surface area contributed by atoms with Crippen LogP contribution in [-0.4, -0.2) is 23.5 Å². The molecule has 4 nitrogen and oxygen atoms in total. The Kier molecular flexibility index (Phi) is 3.04. The summed E-state index contributed by atoms with van der Waals surface area (Å²) in [7, 11) is 0. The smallest absolute Gasteiger partial charge is 0.306 e. The monoisotopic (exact) mass is 251 g/mol. The third-order valence-corrected chi connectivity index (χ3v) is 5.13. The normalized spacial score (nSPS) is 41.4. The van der Waals surface area contributed by atoms with Gasteiger partial charge in [-0.05, 0) is 49.9 Å². The van der Waals surface area contributed by atoms with Crippen LogP contribution in [0.1, 0.15) is 38.5 Å². The average molecular weight is 251 g/mol. The Morgan fingerprint density at radius 2 is 1.83 bits per heavy atom. The molecule has 0 aliphatic heterocycles. The molecule has 18 heavy (non-hydrogen) atoms. The van der Waals surface area contributed by atoms with Crippen LogP contribution in [0.3, 0.4) is 0 Å². The summed E-state index contributed by atoms with van der Waals surface area (Å²) in [5.74, 6) is 1.20. The van der Waals surface area contributed by atoms with Crippen molar-refractivity contribution in [2.75, 3.05) is 6.54 Å². The first kappa shape index (κ1) is 12.0. The quantitative estimate of drug-likeness (QED) is 0.798. The van der Waals surface area contributed by atoms with Gasteiger partial charge in [0.05, 0.1) is 5.92 Å². The molecule has 0 radical (unpaired) electrons. The average Bonchev–Trinajstić information content (AvgIpc) is 2.82. The minimum absolute atomic E-state index is 0.141. The zero-order valence-electron chi connectivity index (χ0n) is 10.6. The molecule has 2 N–H and O–H groups in total. The van der Waals surface area contributed by atoms with Gasteiger partial charge in [-0.25, -0.2) is 0 Å². The molecular formula is C14H21NO3. The molecule has 0 saturated heterocycles. The van der Waals surface area contributed by atoms with Gasteiger partial charge in [0.15, 0.2) is 0 Å². The predicted molar refractivity (Wildman–Crippen MR) is 65.8 cm³/mol. The Labute approximate surface area is 107 Å². The lowest BCUT2D eigenvalue weighted by molar-refractivity contribution is -0.143. The van der Waals surface area contributed by atoms with Crippen LogP contribution in [0.5, 0.6) is 0 Å². The Morgan fingerprint density at radius 3 is 2.50 bits per heavy atom. The molecule has 100 valence electrons. The van der Waals surface area contributed by atoms with Crippen LogP contribution >= 0.6 is 0 Å². The van der Waals surface area contributed by atoms with Crippen LogP contribution in [0.25, 0.3) is 0 Å². The zero-order valence-corrected chi connectivity index (χ0v) is 10.6. The molecule has 4 heteroatoms. The van der Waals surface area contributed by atoms with E-state index in [-0.39, 0.29) is 23.7 Å². The van der Waals surface area contributed by atoms with Gasteiger partial charge in [0, 0.05) is 12.5 Å². The molecule has 3 aliphatic carbocycles. The van der Waals surface area contributed by atoms with Crippen molar-refractivity contribution in [2.45, 2.75) is 38.5 Å². The van der Waals surface area contributed by atoms with E-state index in [1.54, 1.807) is 0 Å². The number of amides is 1. The van der Waals surface area contributed by atoms with Crippen molar-refractivity contribution < 1.29 is 14.7 Å². The highest BCUT2D eigenvalue weighted by atomic mass is 16.4. The molecule has 0 aromatic heterocycles. The Morgan fingerprint density at radius 1 is 1.11 bits per heavy atom. The van der Waals surface area contributed by atoms with Crippen molar-refractivity contribution in [3.8, 4) is 0 Å². The maximum Gasteiger partial charge on any atom is 0.306 e. The minimum Gasteiger partial charge on any atom is -0.481 e. The molecule has 0 aromatic carbocycles. The molecule has 3 saturated carbocycles. The second-order valence-electron chi connectivity index (χ2n) is 6.31. The second-order valence-corrected chi connectivity index (χ2v) is 6.31. The molecule has 0 heterocycles. The maximum absolute atomic E-state index is 12.0. The summed E-state index contributed by atoms with van der Waals surface area (Å²) in [6.07, 6.45) is 6.13. The SMILES string of the molecule is O=C(NCC1CCCC1C(=O)O)C1CC2CC2C1. The summed E-state index contributed by atoms with van der Waals surface area (Å²) in [6, 6.07) is 0. The number of carbonyl (C=O) groups excluding carboxylic acids is 1. The Balaban J connectivity index is 1.45. The maximum atomic E-state index is 12.0. The lowest BCUT2D eigenvalue weighted by Gasteiger charge is -2.18. The van der Waals surface area contributed by atoms with Crippen LogP contribution in [0.4, 0.5) is 0 Å². The van der Waals surface area contributed by atoms with E-state index >= 15 is 0 Å². The van der Waals surface area contributed by atoms with E-state index in [1.807, 2.05) is 0 Å². The standard InChI is InChI=1S/C14H21NO3/c16-13(11-5-9-4-10(9)6-11)15-7-8-2-1-3-12(8)14(17)18/h8-12H,1-7H2,(H,15,16)(H,17,18). The lowest BCUT2D eigenvalue weighted by Crippen LogP contribution is -2.36. The minimum atomic E-state index is -0.700. The molecule has 3 aliphatic rings. The zero-order chi connectivity index (χ0) is 12.7. The van der Waals surface area contributed by atoms with Gasteiger partial charge in [-0.15, -0.1) is 0 Å². The van der Waals surface area contributed by atoms with E-state index in [4.69, 9.17) is 5.11 Å². The first-order valence-electron chi connectivity index (χ1n) is 7.15. The van der Waals surface area contributed by atoms with E-state index < -0.39 is 5.97 Å². The van der Waals surface area contributed by atoms with Crippen molar-refractivity contribution in [1.82, 2.24) is 5.32 Å². The highest BCUT2D eigenvalue weighted by molar-refractivity contribution is 5.79. The summed E-state index contributed by atoms with van der Waals surface area (Å²) in [4.78, 5) is 23.0. The molecule has 4 unspecified atom stereocenters. The van der Waals surface area contributed by atoms with Gasteiger partial charge in [0.25, 0.3) is 0 Å². The number of fused-ring (bicyclic) bond motifs is 1. The number of rotatable bonds is 4. The number of carbonyl (C=O) groups is 2. The number of nitrogens with one attached hydrogen (secondary N) is 1. The van der Waals surface area contributed by atoms with Crippen LogP contribution in [-0.2, 0) is 9.59 Å². The van der Waals surface area contributed by atoms with Gasteiger partial charge in [-0.3, -0.25) is 9.59 Å². The first-order valence-corrected chi connectivity index (χ1v) is 7.15. The Hall–Kier alpha value is -1.06. The Bertz CT molecular complexity index is 358. The summed E-state index contributed by atoms with van der Waals surface area (Å²) in [5.41, 5.74) is 0. The van der Waals surface area contributed by atoms with Gasteiger partial charge in [-0.1, -0.05) is 6.42 Å². The van der Waals surface area contributed by atoms with Crippen LogP contribution in [0, 0.1) is 29.6 Å². The molecule has 4 atom stereocenters. The summed E-state index contributed by atoms with van der Waals surface area (Å²) >= 11 is 0. The van der Waals surface area contributed by atoms with Crippen molar-refractivity contribution in [2.24, 2.45) is 29.6 Å². The summed E-state index contributed by atoms with van der Waals surface area (Å²) in [5, 5.41) is 12.1. The van der Waals surface area contributed by atoms with E-state index in [2.05, 4.69) is 5.32 Å². The highest BCUT2D eigenvalue weighted by Crippen LogP contribution is 2.54. The number of carboxylic acids is 1. The van der Waals surface area contributed by atoms with Crippen molar-refractivity contribution in [1.29, 1.82) is 0 Å². The largest absolute Gasteiger partial charge is 0.481 e. The van der Waals surface area contributed by atoms with Gasteiger partial charge in [0.2, 0.25) is 5.91 Å². The van der Waals surface area contributed by atoms with Crippen molar-refractivity contribution >= 4 is 11.9 Å². The van der Waals surface area contributed by atoms with E-state index in [9.17, 15) is 9.59 Å². The number of aliphatic carboxylic acids is 1.